The Morgan fingerprint density at radius 2 is 1.00 bits per heavy atom. The lowest BCUT2D eigenvalue weighted by Crippen LogP contribution is -2.32. The first-order valence-electron chi connectivity index (χ1n) is 12.5. The third kappa shape index (κ3) is 5.44. The first-order chi connectivity index (χ1) is 17.5. The van der Waals surface area contributed by atoms with Crippen molar-refractivity contribution in [1.29, 1.82) is 0 Å². The molecule has 0 aliphatic rings. The van der Waals surface area contributed by atoms with Crippen molar-refractivity contribution in [3.63, 3.8) is 0 Å². The topological polar surface area (TPSA) is 37.4 Å². The number of sulfonamides is 1. The zero-order chi connectivity index (χ0) is 25.4. The SMILES string of the molecule is CCCN(CCC)S(=O)(=O)c1ccc(SC(c2ccccc2)(c2ccccc2)c2ccccc2)cc1. The fourth-order valence-corrected chi connectivity index (χ4v) is 7.56. The van der Waals surface area contributed by atoms with Crippen LogP contribution < -0.4 is 0 Å². The van der Waals surface area contributed by atoms with Crippen LogP contribution in [0.1, 0.15) is 43.4 Å². The average Bonchev–Trinajstić information content (AvgIpc) is 2.93. The van der Waals surface area contributed by atoms with E-state index in [4.69, 9.17) is 0 Å². The number of hydrogen-bond donors (Lipinski definition) is 0. The largest absolute Gasteiger partial charge is 0.243 e. The highest BCUT2D eigenvalue weighted by atomic mass is 32.2. The van der Waals surface area contributed by atoms with E-state index < -0.39 is 14.8 Å². The van der Waals surface area contributed by atoms with Crippen LogP contribution in [0.3, 0.4) is 0 Å². The second kappa shape index (κ2) is 11.9. The van der Waals surface area contributed by atoms with Gasteiger partial charge in [0.05, 0.1) is 9.64 Å². The van der Waals surface area contributed by atoms with Crippen molar-refractivity contribution in [3.05, 3.63) is 132 Å². The van der Waals surface area contributed by atoms with Gasteiger partial charge in [-0.1, -0.05) is 105 Å². The van der Waals surface area contributed by atoms with Crippen LogP contribution >= 0.6 is 11.8 Å². The molecule has 4 aromatic rings. The Kier molecular flexibility index (Phi) is 8.68. The Hall–Kier alpha value is -2.86. The van der Waals surface area contributed by atoms with Crippen LogP contribution in [0.4, 0.5) is 0 Å². The van der Waals surface area contributed by atoms with Crippen LogP contribution in [-0.2, 0) is 14.8 Å². The lowest BCUT2D eigenvalue weighted by Gasteiger charge is -2.35. The average molecular weight is 516 g/mol. The van der Waals surface area contributed by atoms with Crippen molar-refractivity contribution in [1.82, 2.24) is 4.31 Å². The molecule has 0 N–H and O–H groups in total. The van der Waals surface area contributed by atoms with E-state index in [1.807, 2.05) is 44.2 Å². The van der Waals surface area contributed by atoms with Gasteiger partial charge < -0.3 is 0 Å². The summed E-state index contributed by atoms with van der Waals surface area (Å²) in [7, 11) is -3.52. The van der Waals surface area contributed by atoms with Crippen molar-refractivity contribution in [2.75, 3.05) is 13.1 Å². The zero-order valence-corrected chi connectivity index (χ0v) is 22.5. The van der Waals surface area contributed by atoms with Crippen molar-refractivity contribution >= 4 is 21.8 Å². The lowest BCUT2D eigenvalue weighted by molar-refractivity contribution is 0.410. The molecule has 0 heterocycles. The van der Waals surface area contributed by atoms with Crippen LogP contribution in [-0.4, -0.2) is 25.8 Å². The first-order valence-corrected chi connectivity index (χ1v) is 14.7. The summed E-state index contributed by atoms with van der Waals surface area (Å²) in [5, 5.41) is 0. The highest BCUT2D eigenvalue weighted by Gasteiger charge is 2.37. The second-order valence-corrected chi connectivity index (χ2v) is 12.0. The smallest absolute Gasteiger partial charge is 0.207 e. The monoisotopic (exact) mass is 515 g/mol. The van der Waals surface area contributed by atoms with Gasteiger partial charge in [0.15, 0.2) is 0 Å². The normalized spacial score (nSPS) is 12.1. The Bertz CT molecular complexity index is 1220. The van der Waals surface area contributed by atoms with E-state index in [0.29, 0.717) is 18.0 Å². The van der Waals surface area contributed by atoms with E-state index in [1.165, 1.54) is 16.7 Å². The van der Waals surface area contributed by atoms with Gasteiger partial charge in [-0.15, -0.1) is 11.8 Å². The Morgan fingerprint density at radius 3 is 1.36 bits per heavy atom. The van der Waals surface area contributed by atoms with Gasteiger partial charge >= 0.3 is 0 Å². The van der Waals surface area contributed by atoms with E-state index >= 15 is 0 Å². The minimum absolute atomic E-state index is 0.346. The summed E-state index contributed by atoms with van der Waals surface area (Å²) in [6.45, 7) is 5.08. The van der Waals surface area contributed by atoms with Gasteiger partial charge in [0.2, 0.25) is 10.0 Å². The van der Waals surface area contributed by atoms with Crippen molar-refractivity contribution in [2.45, 2.75) is 41.2 Å². The molecule has 0 atom stereocenters. The molecule has 3 nitrogen and oxygen atoms in total. The van der Waals surface area contributed by atoms with Crippen LogP contribution in [0.25, 0.3) is 0 Å². The maximum Gasteiger partial charge on any atom is 0.243 e. The molecule has 0 aliphatic heterocycles. The van der Waals surface area contributed by atoms with Crippen LogP contribution in [0.15, 0.2) is 125 Å². The van der Waals surface area contributed by atoms with Gasteiger partial charge in [-0.25, -0.2) is 8.42 Å². The second-order valence-electron chi connectivity index (χ2n) is 8.76. The fraction of sp³-hybridized carbons (Fsp3) is 0.226. The molecule has 4 aromatic carbocycles. The van der Waals surface area contributed by atoms with E-state index in [1.54, 1.807) is 28.2 Å². The van der Waals surface area contributed by atoms with E-state index in [-0.39, 0.29) is 0 Å². The number of hydrogen-bond acceptors (Lipinski definition) is 3. The Balaban J connectivity index is 1.80. The van der Waals surface area contributed by atoms with Gasteiger partial charge in [-0.3, -0.25) is 0 Å². The summed E-state index contributed by atoms with van der Waals surface area (Å²) in [4.78, 5) is 1.35. The van der Waals surface area contributed by atoms with Gasteiger partial charge in [0.25, 0.3) is 0 Å². The van der Waals surface area contributed by atoms with E-state index in [2.05, 4.69) is 72.8 Å². The van der Waals surface area contributed by atoms with Gasteiger partial charge in [0.1, 0.15) is 0 Å². The molecule has 0 saturated carbocycles. The molecule has 4 rings (SSSR count). The predicted octanol–water partition coefficient (Wildman–Crippen LogP) is 7.58. The fourth-order valence-electron chi connectivity index (χ4n) is 4.55. The summed E-state index contributed by atoms with van der Waals surface area (Å²) >= 11 is 1.74. The Labute approximate surface area is 220 Å². The third-order valence-corrected chi connectivity index (χ3v) is 9.65. The molecule has 5 heteroatoms. The standard InChI is InChI=1S/C31H33NO2S2/c1-3-24-32(25-4-2)36(33,34)30-22-20-29(21-23-30)35-31(26-14-8-5-9-15-26,27-16-10-6-11-17-27)28-18-12-7-13-19-28/h5-23H,3-4,24-25H2,1-2H3. The minimum atomic E-state index is -3.52. The predicted molar refractivity (Wildman–Crippen MR) is 151 cm³/mol. The highest BCUT2D eigenvalue weighted by Crippen LogP contribution is 2.51. The first kappa shape index (κ1) is 26.2. The van der Waals surface area contributed by atoms with Gasteiger partial charge in [0, 0.05) is 18.0 Å². The molecular weight excluding hydrogens is 482 g/mol. The van der Waals surface area contributed by atoms with Gasteiger partial charge in [-0.2, -0.15) is 4.31 Å². The van der Waals surface area contributed by atoms with E-state index in [9.17, 15) is 8.42 Å². The maximum absolute atomic E-state index is 13.3. The third-order valence-electron chi connectivity index (χ3n) is 6.22. The molecule has 186 valence electrons. The molecule has 0 radical (unpaired) electrons. The summed E-state index contributed by atoms with van der Waals surface area (Å²) in [6, 6.07) is 38.9. The molecular formula is C31H33NO2S2. The van der Waals surface area contributed by atoms with Gasteiger partial charge in [-0.05, 0) is 53.8 Å². The molecule has 0 aliphatic carbocycles. The Morgan fingerprint density at radius 1 is 0.611 bits per heavy atom. The zero-order valence-electron chi connectivity index (χ0n) is 20.9. The highest BCUT2D eigenvalue weighted by molar-refractivity contribution is 8.00. The number of rotatable bonds is 11. The molecule has 36 heavy (non-hydrogen) atoms. The summed E-state index contributed by atoms with van der Waals surface area (Å²) < 4.78 is 27.7. The number of nitrogens with zero attached hydrogens (tertiary/aromatic N) is 1. The molecule has 0 amide bonds. The maximum atomic E-state index is 13.3. The van der Waals surface area contributed by atoms with Crippen LogP contribution in [0.5, 0.6) is 0 Å². The number of benzene rings is 4. The van der Waals surface area contributed by atoms with E-state index in [0.717, 1.165) is 17.7 Å². The van der Waals surface area contributed by atoms with Crippen molar-refractivity contribution < 1.29 is 8.42 Å². The van der Waals surface area contributed by atoms with Crippen molar-refractivity contribution in [3.8, 4) is 0 Å². The molecule has 0 fully saturated rings. The van der Waals surface area contributed by atoms with Crippen molar-refractivity contribution in [2.24, 2.45) is 0 Å². The number of thioether (sulfide) groups is 1. The molecule has 0 spiro atoms. The summed E-state index contributed by atoms with van der Waals surface area (Å²) in [5.41, 5.74) is 3.50. The summed E-state index contributed by atoms with van der Waals surface area (Å²) in [6.07, 6.45) is 1.59. The lowest BCUT2D eigenvalue weighted by atomic mass is 9.84. The van der Waals surface area contributed by atoms with Crippen LogP contribution in [0, 0.1) is 0 Å². The molecule has 0 bridgehead atoms. The molecule has 0 saturated heterocycles. The molecule has 0 unspecified atom stereocenters. The molecule has 0 aromatic heterocycles. The quantitative estimate of drug-likeness (QED) is 0.153. The minimum Gasteiger partial charge on any atom is -0.207 e. The van der Waals surface area contributed by atoms with Crippen LogP contribution in [0.2, 0.25) is 0 Å². The summed E-state index contributed by atoms with van der Waals surface area (Å²) in [5.74, 6) is 0.